The van der Waals surface area contributed by atoms with Gasteiger partial charge >= 0.3 is 5.97 Å². The number of benzene rings is 1. The Labute approximate surface area is 107 Å². The monoisotopic (exact) mass is 252 g/mol. The molecular formula is C14H20O4. The SMILES string of the molecule is CC(C)(CO)C(CCC(=O)O)Oc1ccccc1. The van der Waals surface area contributed by atoms with E-state index in [0.29, 0.717) is 12.2 Å². The molecule has 4 nitrogen and oxygen atoms in total. The predicted molar refractivity (Wildman–Crippen MR) is 68.6 cm³/mol. The van der Waals surface area contributed by atoms with Gasteiger partial charge in [0.15, 0.2) is 0 Å². The van der Waals surface area contributed by atoms with Crippen molar-refractivity contribution in [2.24, 2.45) is 5.41 Å². The summed E-state index contributed by atoms with van der Waals surface area (Å²) in [4.78, 5) is 10.7. The summed E-state index contributed by atoms with van der Waals surface area (Å²) in [6.07, 6.45) is 0.0691. The van der Waals surface area contributed by atoms with Crippen LogP contribution in [0.4, 0.5) is 0 Å². The van der Waals surface area contributed by atoms with E-state index in [1.54, 1.807) is 0 Å². The van der Waals surface area contributed by atoms with Gasteiger partial charge in [0.25, 0.3) is 0 Å². The summed E-state index contributed by atoms with van der Waals surface area (Å²) in [7, 11) is 0. The first-order valence-electron chi connectivity index (χ1n) is 6.00. The third-order valence-electron chi connectivity index (χ3n) is 2.92. The van der Waals surface area contributed by atoms with Crippen LogP contribution < -0.4 is 4.74 Å². The van der Waals surface area contributed by atoms with Crippen LogP contribution in [-0.2, 0) is 4.79 Å². The van der Waals surface area contributed by atoms with Gasteiger partial charge in [-0.25, -0.2) is 0 Å². The third kappa shape index (κ3) is 4.37. The summed E-state index contributed by atoms with van der Waals surface area (Å²) in [6, 6.07) is 9.24. The summed E-state index contributed by atoms with van der Waals surface area (Å²) >= 11 is 0. The number of aliphatic hydroxyl groups excluding tert-OH is 1. The molecule has 0 aliphatic carbocycles. The molecule has 4 heteroatoms. The van der Waals surface area contributed by atoms with E-state index in [4.69, 9.17) is 9.84 Å². The minimum Gasteiger partial charge on any atom is -0.490 e. The van der Waals surface area contributed by atoms with Crippen LogP contribution in [0, 0.1) is 5.41 Å². The van der Waals surface area contributed by atoms with Crippen molar-refractivity contribution in [3.05, 3.63) is 30.3 Å². The van der Waals surface area contributed by atoms with E-state index in [-0.39, 0.29) is 19.1 Å². The maximum Gasteiger partial charge on any atom is 0.303 e. The van der Waals surface area contributed by atoms with Crippen molar-refractivity contribution in [3.8, 4) is 5.75 Å². The van der Waals surface area contributed by atoms with Gasteiger partial charge in [0.1, 0.15) is 11.9 Å². The molecule has 1 aromatic carbocycles. The molecule has 0 radical (unpaired) electrons. The van der Waals surface area contributed by atoms with Crippen LogP contribution in [0.5, 0.6) is 5.75 Å². The molecule has 1 unspecified atom stereocenters. The van der Waals surface area contributed by atoms with Crippen LogP contribution in [-0.4, -0.2) is 28.9 Å². The van der Waals surface area contributed by atoms with E-state index in [0.717, 1.165) is 0 Å². The molecule has 0 aromatic heterocycles. The van der Waals surface area contributed by atoms with Crippen molar-refractivity contribution in [2.45, 2.75) is 32.8 Å². The van der Waals surface area contributed by atoms with Crippen LogP contribution in [0.3, 0.4) is 0 Å². The summed E-state index contributed by atoms with van der Waals surface area (Å²) in [6.45, 7) is 3.68. The van der Waals surface area contributed by atoms with Gasteiger partial charge in [0.05, 0.1) is 6.61 Å². The Morgan fingerprint density at radius 1 is 1.33 bits per heavy atom. The lowest BCUT2D eigenvalue weighted by atomic mass is 9.85. The van der Waals surface area contributed by atoms with Gasteiger partial charge in [-0.3, -0.25) is 4.79 Å². The number of carboxylic acid groups (broad SMARTS) is 1. The van der Waals surface area contributed by atoms with Gasteiger partial charge in [0, 0.05) is 11.8 Å². The molecule has 18 heavy (non-hydrogen) atoms. The fourth-order valence-corrected chi connectivity index (χ4v) is 1.63. The lowest BCUT2D eigenvalue weighted by Crippen LogP contribution is -2.38. The Kier molecular flexibility index (Phi) is 5.16. The average molecular weight is 252 g/mol. The molecule has 0 heterocycles. The topological polar surface area (TPSA) is 66.8 Å². The Balaban J connectivity index is 2.74. The van der Waals surface area contributed by atoms with Gasteiger partial charge < -0.3 is 14.9 Å². The minimum absolute atomic E-state index is 0.0287. The maximum atomic E-state index is 10.7. The Bertz CT molecular complexity index is 373. The number of aliphatic hydroxyl groups is 1. The summed E-state index contributed by atoms with van der Waals surface area (Å²) in [5, 5.41) is 18.1. The molecule has 0 bridgehead atoms. The van der Waals surface area contributed by atoms with E-state index >= 15 is 0 Å². The van der Waals surface area contributed by atoms with Crippen LogP contribution in [0.2, 0.25) is 0 Å². The molecule has 100 valence electrons. The molecular weight excluding hydrogens is 232 g/mol. The Morgan fingerprint density at radius 2 is 1.94 bits per heavy atom. The maximum absolute atomic E-state index is 10.7. The molecule has 0 amide bonds. The molecule has 0 spiro atoms. The van der Waals surface area contributed by atoms with Crippen LogP contribution >= 0.6 is 0 Å². The third-order valence-corrected chi connectivity index (χ3v) is 2.92. The van der Waals surface area contributed by atoms with Gasteiger partial charge in [-0.2, -0.15) is 0 Å². The zero-order chi connectivity index (χ0) is 13.6. The summed E-state index contributed by atoms with van der Waals surface area (Å²) < 4.78 is 5.80. The van der Waals surface area contributed by atoms with Gasteiger partial charge in [0.2, 0.25) is 0 Å². The predicted octanol–water partition coefficient (Wildman–Crippen LogP) is 2.32. The first-order valence-corrected chi connectivity index (χ1v) is 6.00. The number of para-hydroxylation sites is 1. The van der Waals surface area contributed by atoms with Crippen LogP contribution in [0.1, 0.15) is 26.7 Å². The highest BCUT2D eigenvalue weighted by atomic mass is 16.5. The lowest BCUT2D eigenvalue weighted by Gasteiger charge is -2.32. The summed E-state index contributed by atoms with van der Waals surface area (Å²) in [5.74, 6) is -0.167. The van der Waals surface area contributed by atoms with Crippen molar-refractivity contribution < 1.29 is 19.7 Å². The van der Waals surface area contributed by atoms with Crippen molar-refractivity contribution in [1.82, 2.24) is 0 Å². The van der Waals surface area contributed by atoms with Crippen molar-refractivity contribution >= 4 is 5.97 Å². The molecule has 2 N–H and O–H groups in total. The highest BCUT2D eigenvalue weighted by Crippen LogP contribution is 2.28. The zero-order valence-electron chi connectivity index (χ0n) is 10.8. The summed E-state index contributed by atoms with van der Waals surface area (Å²) in [5.41, 5.74) is -0.481. The molecule has 1 aromatic rings. The number of hydrogen-bond acceptors (Lipinski definition) is 3. The Hall–Kier alpha value is -1.55. The number of ether oxygens (including phenoxy) is 1. The van der Waals surface area contributed by atoms with Crippen molar-refractivity contribution in [2.75, 3.05) is 6.61 Å². The quantitative estimate of drug-likeness (QED) is 0.781. The first kappa shape index (κ1) is 14.5. The first-order chi connectivity index (χ1) is 8.45. The number of aliphatic carboxylic acids is 1. The number of carbonyl (C=O) groups is 1. The molecule has 0 aliphatic rings. The average Bonchev–Trinajstić information content (AvgIpc) is 2.35. The molecule has 0 fully saturated rings. The Morgan fingerprint density at radius 3 is 2.44 bits per heavy atom. The van der Waals surface area contributed by atoms with Gasteiger partial charge in [-0.05, 0) is 18.6 Å². The molecule has 0 saturated carbocycles. The smallest absolute Gasteiger partial charge is 0.303 e. The van der Waals surface area contributed by atoms with E-state index < -0.39 is 11.4 Å². The van der Waals surface area contributed by atoms with Crippen molar-refractivity contribution in [3.63, 3.8) is 0 Å². The van der Waals surface area contributed by atoms with Crippen LogP contribution in [0.15, 0.2) is 30.3 Å². The largest absolute Gasteiger partial charge is 0.490 e. The second-order valence-corrected chi connectivity index (χ2v) is 5.00. The molecule has 0 aliphatic heterocycles. The molecule has 0 saturated heterocycles. The fourth-order valence-electron chi connectivity index (χ4n) is 1.63. The lowest BCUT2D eigenvalue weighted by molar-refractivity contribution is -0.138. The minimum atomic E-state index is -0.856. The van der Waals surface area contributed by atoms with E-state index in [9.17, 15) is 9.90 Å². The van der Waals surface area contributed by atoms with E-state index in [1.807, 2.05) is 44.2 Å². The number of carboxylic acids is 1. The highest BCUT2D eigenvalue weighted by molar-refractivity contribution is 5.66. The zero-order valence-corrected chi connectivity index (χ0v) is 10.8. The highest BCUT2D eigenvalue weighted by Gasteiger charge is 2.31. The van der Waals surface area contributed by atoms with Crippen molar-refractivity contribution in [1.29, 1.82) is 0 Å². The van der Waals surface area contributed by atoms with E-state index in [1.165, 1.54) is 0 Å². The normalized spacial score (nSPS) is 13.1. The van der Waals surface area contributed by atoms with Gasteiger partial charge in [-0.15, -0.1) is 0 Å². The molecule has 1 atom stereocenters. The standard InChI is InChI=1S/C14H20O4/c1-14(2,10-15)12(8-9-13(16)17)18-11-6-4-3-5-7-11/h3-7,12,15H,8-10H2,1-2H3,(H,16,17). The number of rotatable bonds is 7. The number of hydrogen-bond donors (Lipinski definition) is 2. The van der Waals surface area contributed by atoms with Gasteiger partial charge in [-0.1, -0.05) is 32.0 Å². The molecule has 1 rings (SSSR count). The van der Waals surface area contributed by atoms with E-state index in [2.05, 4.69) is 0 Å². The van der Waals surface area contributed by atoms with Crippen LogP contribution in [0.25, 0.3) is 0 Å². The second kappa shape index (κ2) is 6.40. The second-order valence-electron chi connectivity index (χ2n) is 5.00. The fraction of sp³-hybridized carbons (Fsp3) is 0.500.